The van der Waals surface area contributed by atoms with Crippen LogP contribution in [0, 0.1) is 11.7 Å². The van der Waals surface area contributed by atoms with Crippen LogP contribution in [0.5, 0.6) is 0 Å². The second-order valence-electron chi connectivity index (χ2n) is 5.17. The summed E-state index contributed by atoms with van der Waals surface area (Å²) in [6.45, 7) is 3.64. The van der Waals surface area contributed by atoms with Crippen LogP contribution in [-0.4, -0.2) is 35.5 Å². The Morgan fingerprint density at radius 3 is 2.30 bits per heavy atom. The van der Waals surface area contributed by atoms with Gasteiger partial charge in [-0.15, -0.1) is 0 Å². The Morgan fingerprint density at radius 1 is 1.25 bits per heavy atom. The van der Waals surface area contributed by atoms with Gasteiger partial charge in [-0.3, -0.25) is 9.59 Å². The predicted molar refractivity (Wildman–Crippen MR) is 73.9 cm³/mol. The lowest BCUT2D eigenvalue weighted by atomic mass is 9.97. The Hall–Kier alpha value is -1.91. The van der Waals surface area contributed by atoms with Crippen molar-refractivity contribution in [3.05, 3.63) is 35.6 Å². The minimum absolute atomic E-state index is 0.0364. The molecule has 20 heavy (non-hydrogen) atoms. The first-order valence-corrected chi connectivity index (χ1v) is 6.53. The van der Waals surface area contributed by atoms with E-state index in [0.29, 0.717) is 0 Å². The number of hydrogen-bond acceptors (Lipinski definition) is 2. The zero-order valence-corrected chi connectivity index (χ0v) is 12.0. The van der Waals surface area contributed by atoms with Crippen molar-refractivity contribution in [3.8, 4) is 0 Å². The summed E-state index contributed by atoms with van der Waals surface area (Å²) in [6.07, 6.45) is 0.272. The van der Waals surface area contributed by atoms with Crippen LogP contribution >= 0.6 is 0 Å². The minimum Gasteiger partial charge on any atom is -0.481 e. The van der Waals surface area contributed by atoms with Crippen molar-refractivity contribution in [1.29, 1.82) is 0 Å². The smallest absolute Gasteiger partial charge is 0.308 e. The lowest BCUT2D eigenvalue weighted by molar-refractivity contribution is -0.142. The van der Waals surface area contributed by atoms with Gasteiger partial charge in [-0.25, -0.2) is 4.39 Å². The summed E-state index contributed by atoms with van der Waals surface area (Å²) in [5, 5.41) is 8.83. The molecule has 0 aliphatic carbocycles. The highest BCUT2D eigenvalue weighted by Crippen LogP contribution is 2.20. The van der Waals surface area contributed by atoms with Gasteiger partial charge in [-0.05, 0) is 23.6 Å². The average Bonchev–Trinajstić information content (AvgIpc) is 2.38. The molecule has 1 aromatic rings. The number of carbonyl (C=O) groups excluding carboxylic acids is 1. The summed E-state index contributed by atoms with van der Waals surface area (Å²) < 4.78 is 12.8. The molecule has 0 saturated heterocycles. The maximum Gasteiger partial charge on any atom is 0.308 e. The molecule has 2 atom stereocenters. The highest BCUT2D eigenvalue weighted by Gasteiger charge is 2.19. The molecule has 1 N–H and O–H groups in total. The van der Waals surface area contributed by atoms with Crippen molar-refractivity contribution in [2.45, 2.75) is 26.2 Å². The standard InChI is InChI=1S/C15H20FNO3/c1-10(12-4-6-13(16)7-5-12)8-14(18)17(3)9-11(2)15(19)20/h4-7,10-11H,8-9H2,1-3H3,(H,19,20). The fourth-order valence-corrected chi connectivity index (χ4v) is 1.92. The summed E-state index contributed by atoms with van der Waals surface area (Å²) in [4.78, 5) is 24.2. The highest BCUT2D eigenvalue weighted by molar-refractivity contribution is 5.78. The summed E-state index contributed by atoms with van der Waals surface area (Å²) in [7, 11) is 1.60. The van der Waals surface area contributed by atoms with Gasteiger partial charge in [-0.2, -0.15) is 0 Å². The van der Waals surface area contributed by atoms with E-state index in [9.17, 15) is 14.0 Å². The quantitative estimate of drug-likeness (QED) is 0.871. The summed E-state index contributed by atoms with van der Waals surface area (Å²) >= 11 is 0. The third-order valence-electron chi connectivity index (χ3n) is 3.31. The number of hydrogen-bond donors (Lipinski definition) is 1. The van der Waals surface area contributed by atoms with E-state index >= 15 is 0 Å². The van der Waals surface area contributed by atoms with Crippen LogP contribution in [0.15, 0.2) is 24.3 Å². The van der Waals surface area contributed by atoms with E-state index in [1.165, 1.54) is 17.0 Å². The van der Waals surface area contributed by atoms with Crippen molar-refractivity contribution in [2.75, 3.05) is 13.6 Å². The van der Waals surface area contributed by atoms with Gasteiger partial charge in [0.2, 0.25) is 5.91 Å². The van der Waals surface area contributed by atoms with Crippen molar-refractivity contribution < 1.29 is 19.1 Å². The van der Waals surface area contributed by atoms with Crippen molar-refractivity contribution in [3.63, 3.8) is 0 Å². The van der Waals surface area contributed by atoms with Crippen LogP contribution in [0.25, 0.3) is 0 Å². The van der Waals surface area contributed by atoms with Crippen LogP contribution in [0.3, 0.4) is 0 Å². The van der Waals surface area contributed by atoms with E-state index in [1.807, 2.05) is 6.92 Å². The Balaban J connectivity index is 2.56. The number of halogens is 1. The molecule has 0 bridgehead atoms. The average molecular weight is 281 g/mol. The van der Waals surface area contributed by atoms with E-state index in [2.05, 4.69) is 0 Å². The number of rotatable bonds is 6. The molecule has 0 fully saturated rings. The van der Waals surface area contributed by atoms with Crippen LogP contribution < -0.4 is 0 Å². The number of carboxylic acid groups (broad SMARTS) is 1. The second kappa shape index (κ2) is 7.03. The minimum atomic E-state index is -0.920. The fourth-order valence-electron chi connectivity index (χ4n) is 1.92. The summed E-state index contributed by atoms with van der Waals surface area (Å²) in [6, 6.07) is 6.05. The first kappa shape index (κ1) is 16.1. The Kier molecular flexibility index (Phi) is 5.67. The van der Waals surface area contributed by atoms with Crippen molar-refractivity contribution in [1.82, 2.24) is 4.90 Å². The zero-order chi connectivity index (χ0) is 15.3. The molecule has 4 nitrogen and oxygen atoms in total. The van der Waals surface area contributed by atoms with Crippen molar-refractivity contribution in [2.24, 2.45) is 5.92 Å². The van der Waals surface area contributed by atoms with Gasteiger partial charge in [-0.1, -0.05) is 26.0 Å². The van der Waals surface area contributed by atoms with Crippen LogP contribution in [-0.2, 0) is 9.59 Å². The van der Waals surface area contributed by atoms with Crippen LogP contribution in [0.2, 0.25) is 0 Å². The van der Waals surface area contributed by atoms with E-state index < -0.39 is 11.9 Å². The zero-order valence-electron chi connectivity index (χ0n) is 12.0. The molecule has 1 aromatic carbocycles. The first-order valence-electron chi connectivity index (χ1n) is 6.53. The molecule has 1 rings (SSSR count). The first-order chi connectivity index (χ1) is 9.31. The molecular formula is C15H20FNO3. The van der Waals surface area contributed by atoms with Gasteiger partial charge in [0, 0.05) is 20.0 Å². The van der Waals surface area contributed by atoms with E-state index in [-0.39, 0.29) is 30.6 Å². The molecular weight excluding hydrogens is 261 g/mol. The van der Waals surface area contributed by atoms with Crippen LogP contribution in [0.4, 0.5) is 4.39 Å². The molecule has 0 aromatic heterocycles. The van der Waals surface area contributed by atoms with Gasteiger partial charge in [0.25, 0.3) is 0 Å². The monoisotopic (exact) mass is 281 g/mol. The van der Waals surface area contributed by atoms with Gasteiger partial charge >= 0.3 is 5.97 Å². The number of amides is 1. The molecule has 0 heterocycles. The van der Waals surface area contributed by atoms with E-state index in [4.69, 9.17) is 5.11 Å². The van der Waals surface area contributed by atoms with Crippen LogP contribution in [0.1, 0.15) is 31.7 Å². The molecule has 0 saturated carbocycles. The molecule has 0 spiro atoms. The maximum atomic E-state index is 12.8. The third-order valence-corrected chi connectivity index (χ3v) is 3.31. The molecule has 0 radical (unpaired) electrons. The number of carboxylic acids is 1. The Morgan fingerprint density at radius 2 is 1.80 bits per heavy atom. The maximum absolute atomic E-state index is 12.8. The Labute approximate surface area is 118 Å². The number of carbonyl (C=O) groups is 2. The van der Waals surface area contributed by atoms with E-state index in [0.717, 1.165) is 5.56 Å². The van der Waals surface area contributed by atoms with Gasteiger partial charge in [0.15, 0.2) is 0 Å². The molecule has 0 aliphatic rings. The number of aliphatic carboxylic acids is 1. The van der Waals surface area contributed by atoms with Gasteiger partial charge < -0.3 is 10.0 Å². The van der Waals surface area contributed by atoms with Crippen molar-refractivity contribution >= 4 is 11.9 Å². The van der Waals surface area contributed by atoms with E-state index in [1.54, 1.807) is 26.1 Å². The summed E-state index contributed by atoms with van der Waals surface area (Å²) in [5.41, 5.74) is 0.888. The SMILES string of the molecule is CC(CN(C)C(=O)CC(C)c1ccc(F)cc1)C(=O)O. The third kappa shape index (κ3) is 4.64. The second-order valence-corrected chi connectivity index (χ2v) is 5.17. The Bertz CT molecular complexity index is 473. The molecule has 110 valence electrons. The number of nitrogens with zero attached hydrogens (tertiary/aromatic N) is 1. The summed E-state index contributed by atoms with van der Waals surface area (Å²) in [5.74, 6) is -1.97. The normalized spacial score (nSPS) is 13.6. The molecule has 2 unspecified atom stereocenters. The lowest BCUT2D eigenvalue weighted by Crippen LogP contribution is -2.34. The van der Waals surface area contributed by atoms with Gasteiger partial charge in [0.1, 0.15) is 5.82 Å². The largest absolute Gasteiger partial charge is 0.481 e. The van der Waals surface area contributed by atoms with Gasteiger partial charge in [0.05, 0.1) is 5.92 Å². The molecule has 0 aliphatic heterocycles. The predicted octanol–water partition coefficient (Wildman–Crippen LogP) is 2.50. The number of benzene rings is 1. The lowest BCUT2D eigenvalue weighted by Gasteiger charge is -2.21. The fraction of sp³-hybridized carbons (Fsp3) is 0.467. The topological polar surface area (TPSA) is 57.6 Å². The molecule has 1 amide bonds. The highest BCUT2D eigenvalue weighted by atomic mass is 19.1. The molecule has 5 heteroatoms.